The maximum absolute atomic E-state index is 12.1. The standard InChI is InChI=1S/C21H30N4OS/c1-16(13-19-9-6-12-27-19)15-24-21(22-2)23-11-10-17-7-5-8-18(14-17)20(26)25(3)4/h5-9,12,14,16H,10-11,13,15H2,1-4H3,(H2,22,23,24). The first-order valence-corrected chi connectivity index (χ1v) is 10.1. The summed E-state index contributed by atoms with van der Waals surface area (Å²) in [6, 6.07) is 12.1. The van der Waals surface area contributed by atoms with Crippen molar-refractivity contribution >= 4 is 23.2 Å². The summed E-state index contributed by atoms with van der Waals surface area (Å²) in [4.78, 5) is 19.4. The van der Waals surface area contributed by atoms with Gasteiger partial charge in [-0.2, -0.15) is 0 Å². The van der Waals surface area contributed by atoms with E-state index in [0.29, 0.717) is 5.92 Å². The van der Waals surface area contributed by atoms with Gasteiger partial charge in [-0.25, -0.2) is 0 Å². The molecule has 0 saturated heterocycles. The monoisotopic (exact) mass is 386 g/mol. The van der Waals surface area contributed by atoms with Crippen molar-refractivity contribution in [3.8, 4) is 0 Å². The van der Waals surface area contributed by atoms with Crippen LogP contribution < -0.4 is 10.6 Å². The molecule has 1 aromatic carbocycles. The number of nitrogens with one attached hydrogen (secondary N) is 2. The summed E-state index contributed by atoms with van der Waals surface area (Å²) in [5, 5.41) is 8.87. The molecule has 1 amide bonds. The van der Waals surface area contributed by atoms with Crippen molar-refractivity contribution in [3.05, 3.63) is 57.8 Å². The lowest BCUT2D eigenvalue weighted by Crippen LogP contribution is -2.40. The Balaban J connectivity index is 1.76. The Bertz CT molecular complexity index is 740. The van der Waals surface area contributed by atoms with Gasteiger partial charge in [0.1, 0.15) is 0 Å². The third kappa shape index (κ3) is 7.06. The molecule has 0 saturated carbocycles. The van der Waals surface area contributed by atoms with Crippen molar-refractivity contribution in [1.82, 2.24) is 15.5 Å². The highest BCUT2D eigenvalue weighted by Gasteiger charge is 2.09. The molecule has 1 atom stereocenters. The van der Waals surface area contributed by atoms with Crippen LogP contribution in [-0.4, -0.2) is 51.0 Å². The second kappa shape index (κ2) is 10.7. The van der Waals surface area contributed by atoms with Crippen LogP contribution in [0, 0.1) is 5.92 Å². The molecule has 2 N–H and O–H groups in total. The van der Waals surface area contributed by atoms with Gasteiger partial charge in [0.2, 0.25) is 0 Å². The fraction of sp³-hybridized carbons (Fsp3) is 0.429. The zero-order chi connectivity index (χ0) is 19.6. The van der Waals surface area contributed by atoms with E-state index in [1.807, 2.05) is 24.3 Å². The lowest BCUT2D eigenvalue weighted by atomic mass is 10.1. The van der Waals surface area contributed by atoms with Gasteiger partial charge in [-0.3, -0.25) is 9.79 Å². The highest BCUT2D eigenvalue weighted by molar-refractivity contribution is 7.09. The maximum Gasteiger partial charge on any atom is 0.253 e. The average Bonchev–Trinajstić information content (AvgIpc) is 3.17. The summed E-state index contributed by atoms with van der Waals surface area (Å²) in [5.74, 6) is 1.38. The lowest BCUT2D eigenvalue weighted by Gasteiger charge is -2.16. The molecule has 2 aromatic rings. The fourth-order valence-electron chi connectivity index (χ4n) is 2.78. The van der Waals surface area contributed by atoms with Crippen molar-refractivity contribution in [2.75, 3.05) is 34.2 Å². The van der Waals surface area contributed by atoms with E-state index < -0.39 is 0 Å². The molecule has 0 fully saturated rings. The van der Waals surface area contributed by atoms with Crippen molar-refractivity contribution in [2.24, 2.45) is 10.9 Å². The number of carbonyl (C=O) groups is 1. The predicted molar refractivity (Wildman–Crippen MR) is 115 cm³/mol. The molecular weight excluding hydrogens is 356 g/mol. The Kier molecular flexibility index (Phi) is 8.33. The first kappa shape index (κ1) is 21.0. The molecule has 2 rings (SSSR count). The van der Waals surface area contributed by atoms with E-state index in [1.165, 1.54) is 4.88 Å². The number of thiophene rings is 1. The minimum atomic E-state index is 0.0296. The Morgan fingerprint density at radius 3 is 2.70 bits per heavy atom. The van der Waals surface area contributed by atoms with Crippen LogP contribution in [0.1, 0.15) is 27.7 Å². The second-order valence-corrected chi connectivity index (χ2v) is 7.95. The number of rotatable bonds is 8. The van der Waals surface area contributed by atoms with Crippen molar-refractivity contribution < 1.29 is 4.79 Å². The van der Waals surface area contributed by atoms with Gasteiger partial charge in [-0.05, 0) is 47.9 Å². The molecular formula is C21H30N4OS. The van der Waals surface area contributed by atoms with Crippen LogP contribution in [0.15, 0.2) is 46.8 Å². The van der Waals surface area contributed by atoms with Crippen LogP contribution in [0.4, 0.5) is 0 Å². The molecule has 0 spiro atoms. The molecule has 0 bridgehead atoms. The van der Waals surface area contributed by atoms with E-state index >= 15 is 0 Å². The van der Waals surface area contributed by atoms with Gasteiger partial charge in [0.05, 0.1) is 0 Å². The van der Waals surface area contributed by atoms with Gasteiger partial charge in [0, 0.05) is 44.7 Å². The summed E-state index contributed by atoms with van der Waals surface area (Å²) in [7, 11) is 5.33. The van der Waals surface area contributed by atoms with Gasteiger partial charge in [0.15, 0.2) is 5.96 Å². The lowest BCUT2D eigenvalue weighted by molar-refractivity contribution is 0.0827. The molecule has 0 aliphatic rings. The Hall–Kier alpha value is -2.34. The third-order valence-electron chi connectivity index (χ3n) is 4.26. The topological polar surface area (TPSA) is 56.7 Å². The number of nitrogens with zero attached hydrogens (tertiary/aromatic N) is 2. The third-order valence-corrected chi connectivity index (χ3v) is 5.16. The van der Waals surface area contributed by atoms with Gasteiger partial charge >= 0.3 is 0 Å². The van der Waals surface area contributed by atoms with E-state index in [1.54, 1.807) is 37.4 Å². The van der Waals surface area contributed by atoms with E-state index in [-0.39, 0.29) is 5.91 Å². The first-order valence-electron chi connectivity index (χ1n) is 9.27. The van der Waals surface area contributed by atoms with Crippen LogP contribution in [0.25, 0.3) is 0 Å². The number of carbonyl (C=O) groups excluding carboxylic acids is 1. The molecule has 27 heavy (non-hydrogen) atoms. The van der Waals surface area contributed by atoms with E-state index in [0.717, 1.165) is 43.0 Å². The number of hydrogen-bond donors (Lipinski definition) is 2. The van der Waals surface area contributed by atoms with Crippen LogP contribution in [-0.2, 0) is 12.8 Å². The first-order chi connectivity index (χ1) is 13.0. The van der Waals surface area contributed by atoms with Gasteiger partial charge in [0.25, 0.3) is 5.91 Å². The van der Waals surface area contributed by atoms with Crippen LogP contribution in [0.5, 0.6) is 0 Å². The summed E-state index contributed by atoms with van der Waals surface area (Å²) in [6.45, 7) is 3.89. The summed E-state index contributed by atoms with van der Waals surface area (Å²) < 4.78 is 0. The molecule has 1 aromatic heterocycles. The van der Waals surface area contributed by atoms with Crippen molar-refractivity contribution in [3.63, 3.8) is 0 Å². The Morgan fingerprint density at radius 1 is 1.22 bits per heavy atom. The molecule has 6 heteroatoms. The minimum absolute atomic E-state index is 0.0296. The molecule has 146 valence electrons. The highest BCUT2D eigenvalue weighted by Crippen LogP contribution is 2.13. The molecule has 0 aliphatic carbocycles. The molecule has 1 heterocycles. The Morgan fingerprint density at radius 2 is 2.04 bits per heavy atom. The molecule has 5 nitrogen and oxygen atoms in total. The number of aliphatic imine (C=N–C) groups is 1. The number of amides is 1. The quantitative estimate of drug-likeness (QED) is 0.542. The minimum Gasteiger partial charge on any atom is -0.356 e. The van der Waals surface area contributed by atoms with Crippen molar-refractivity contribution in [2.45, 2.75) is 19.8 Å². The molecule has 0 radical (unpaired) electrons. The average molecular weight is 387 g/mol. The molecule has 0 aliphatic heterocycles. The van der Waals surface area contributed by atoms with E-state index in [2.05, 4.69) is 40.1 Å². The second-order valence-electron chi connectivity index (χ2n) is 6.92. The van der Waals surface area contributed by atoms with E-state index in [4.69, 9.17) is 0 Å². The van der Waals surface area contributed by atoms with Crippen molar-refractivity contribution in [1.29, 1.82) is 0 Å². The zero-order valence-electron chi connectivity index (χ0n) is 16.7. The van der Waals surface area contributed by atoms with Crippen LogP contribution in [0.2, 0.25) is 0 Å². The highest BCUT2D eigenvalue weighted by atomic mass is 32.1. The zero-order valence-corrected chi connectivity index (χ0v) is 17.5. The van der Waals surface area contributed by atoms with Gasteiger partial charge in [-0.1, -0.05) is 25.1 Å². The normalized spacial score (nSPS) is 12.5. The number of guanidine groups is 1. The maximum atomic E-state index is 12.1. The smallest absolute Gasteiger partial charge is 0.253 e. The summed E-state index contributed by atoms with van der Waals surface area (Å²) in [5.41, 5.74) is 1.86. The SMILES string of the molecule is CN=C(NCCc1cccc(C(=O)N(C)C)c1)NCC(C)Cc1cccs1. The van der Waals surface area contributed by atoms with Gasteiger partial charge < -0.3 is 15.5 Å². The summed E-state index contributed by atoms with van der Waals surface area (Å²) >= 11 is 1.81. The number of benzene rings is 1. The van der Waals surface area contributed by atoms with Crippen LogP contribution >= 0.6 is 11.3 Å². The summed E-state index contributed by atoms with van der Waals surface area (Å²) in [6.07, 6.45) is 1.91. The predicted octanol–water partition coefficient (Wildman–Crippen LogP) is 3.04. The largest absolute Gasteiger partial charge is 0.356 e. The molecule has 1 unspecified atom stereocenters. The number of hydrogen-bond acceptors (Lipinski definition) is 3. The van der Waals surface area contributed by atoms with E-state index in [9.17, 15) is 4.79 Å². The fourth-order valence-corrected chi connectivity index (χ4v) is 3.65. The van der Waals surface area contributed by atoms with Crippen LogP contribution in [0.3, 0.4) is 0 Å². The van der Waals surface area contributed by atoms with Gasteiger partial charge in [-0.15, -0.1) is 11.3 Å². The Labute approximate surface area is 166 Å².